The van der Waals surface area contributed by atoms with Crippen LogP contribution in [-0.2, 0) is 9.39 Å². The molecule has 1 aliphatic rings. The smallest absolute Gasteiger partial charge is 0.330 e. The molecule has 4 heteroatoms. The van der Waals surface area contributed by atoms with Crippen molar-refractivity contribution in [3.05, 3.63) is 35.0 Å². The largest absolute Gasteiger partial charge is 0.491 e. The molecule has 0 heterocycles. The van der Waals surface area contributed by atoms with Gasteiger partial charge in [-0.1, -0.05) is 24.5 Å². The Balaban J connectivity index is 2.72. The Morgan fingerprint density at radius 3 is 2.25 bits per heavy atom. The second-order valence-corrected chi connectivity index (χ2v) is 8.71. The SMILES string of the molecule is C\C=C([B]OC(C)(C)C(C)(C)S)/C=C\C(OC1CCC1)=C(/C)CC. The maximum atomic E-state index is 6.13. The molecule has 0 N–H and O–H groups in total. The molecule has 0 amide bonds. The van der Waals surface area contributed by atoms with Crippen molar-refractivity contribution in [1.29, 1.82) is 0 Å². The summed E-state index contributed by atoms with van der Waals surface area (Å²) in [6.45, 7) is 14.6. The van der Waals surface area contributed by atoms with Crippen molar-refractivity contribution in [2.75, 3.05) is 0 Å². The van der Waals surface area contributed by atoms with E-state index >= 15 is 0 Å². The van der Waals surface area contributed by atoms with Gasteiger partial charge in [-0.2, -0.15) is 12.6 Å². The van der Waals surface area contributed by atoms with E-state index in [1.54, 1.807) is 0 Å². The molecule has 0 unspecified atom stereocenters. The third kappa shape index (κ3) is 6.36. The first-order valence-electron chi connectivity index (χ1n) is 9.05. The number of thiol groups is 1. The van der Waals surface area contributed by atoms with Crippen LogP contribution in [0.3, 0.4) is 0 Å². The van der Waals surface area contributed by atoms with Gasteiger partial charge in [0.15, 0.2) is 0 Å². The van der Waals surface area contributed by atoms with E-state index in [9.17, 15) is 0 Å². The molecular weight excluding hydrogens is 315 g/mol. The topological polar surface area (TPSA) is 18.5 Å². The van der Waals surface area contributed by atoms with E-state index in [0.717, 1.165) is 17.7 Å². The Hall–Kier alpha value is -0.605. The molecule has 1 fully saturated rings. The van der Waals surface area contributed by atoms with Gasteiger partial charge in [-0.05, 0) is 78.9 Å². The average Bonchev–Trinajstić information content (AvgIpc) is 2.46. The second kappa shape index (κ2) is 9.19. The van der Waals surface area contributed by atoms with Crippen molar-refractivity contribution in [2.24, 2.45) is 0 Å². The summed E-state index contributed by atoms with van der Waals surface area (Å²) in [5.74, 6) is 1.00. The Morgan fingerprint density at radius 1 is 1.21 bits per heavy atom. The molecule has 0 aromatic heterocycles. The summed E-state index contributed by atoms with van der Waals surface area (Å²) in [4.78, 5) is 0. The number of ether oxygens (including phenoxy) is 1. The van der Waals surface area contributed by atoms with Crippen LogP contribution in [0.25, 0.3) is 0 Å². The fraction of sp³-hybridized carbons (Fsp3) is 0.700. The van der Waals surface area contributed by atoms with Crippen LogP contribution in [0, 0.1) is 0 Å². The Kier molecular flexibility index (Phi) is 8.21. The highest BCUT2D eigenvalue weighted by Crippen LogP contribution is 2.31. The van der Waals surface area contributed by atoms with Gasteiger partial charge in [-0.25, -0.2) is 0 Å². The first kappa shape index (κ1) is 21.4. The number of rotatable bonds is 9. The van der Waals surface area contributed by atoms with Gasteiger partial charge in [-0.3, -0.25) is 0 Å². The monoisotopic (exact) mass is 349 g/mol. The van der Waals surface area contributed by atoms with Crippen LogP contribution in [0.15, 0.2) is 35.0 Å². The summed E-state index contributed by atoms with van der Waals surface area (Å²) in [5.41, 5.74) is 1.95. The van der Waals surface area contributed by atoms with Crippen LogP contribution in [0.5, 0.6) is 0 Å². The zero-order valence-electron chi connectivity index (χ0n) is 16.5. The standard InChI is InChI=1S/C20H34BO2S/c1-8-15(3)18(22-17-11-10-12-17)14-13-16(9-2)21-23-19(4,5)20(6,7)24/h9,13-14,17,24H,8,10-12H2,1-7H3/b14-13-,16-9+,18-15-. The fourth-order valence-corrected chi connectivity index (χ4v) is 1.91. The molecule has 1 radical (unpaired) electrons. The number of allylic oxidation sites excluding steroid dienone is 5. The molecule has 0 spiro atoms. The van der Waals surface area contributed by atoms with Crippen molar-refractivity contribution in [2.45, 2.75) is 90.6 Å². The van der Waals surface area contributed by atoms with Gasteiger partial charge in [0.2, 0.25) is 0 Å². The summed E-state index contributed by atoms with van der Waals surface area (Å²) in [7, 11) is 1.82. The van der Waals surface area contributed by atoms with Crippen LogP contribution in [0.1, 0.15) is 74.1 Å². The van der Waals surface area contributed by atoms with Crippen molar-refractivity contribution in [1.82, 2.24) is 0 Å². The molecule has 0 saturated heterocycles. The van der Waals surface area contributed by atoms with Gasteiger partial charge in [0.1, 0.15) is 5.76 Å². The van der Waals surface area contributed by atoms with Crippen LogP contribution in [0.2, 0.25) is 0 Å². The maximum Gasteiger partial charge on any atom is 0.330 e. The van der Waals surface area contributed by atoms with Gasteiger partial charge in [0.05, 0.1) is 11.7 Å². The molecule has 1 saturated carbocycles. The molecule has 0 aromatic carbocycles. The summed E-state index contributed by atoms with van der Waals surface area (Å²) < 4.78 is 11.9. The predicted octanol–water partition coefficient (Wildman–Crippen LogP) is 5.82. The number of hydrogen-bond donors (Lipinski definition) is 1. The first-order chi connectivity index (χ1) is 11.1. The Bertz CT molecular complexity index is 494. The minimum absolute atomic E-state index is 0.233. The van der Waals surface area contributed by atoms with Crippen molar-refractivity contribution in [3.8, 4) is 0 Å². The van der Waals surface area contributed by atoms with Crippen molar-refractivity contribution >= 4 is 20.1 Å². The van der Waals surface area contributed by atoms with Gasteiger partial charge < -0.3 is 9.39 Å². The van der Waals surface area contributed by atoms with Gasteiger partial charge in [-0.15, -0.1) is 0 Å². The molecule has 24 heavy (non-hydrogen) atoms. The Labute approximate surface area is 155 Å². The van der Waals surface area contributed by atoms with E-state index in [0.29, 0.717) is 6.10 Å². The molecule has 0 bridgehead atoms. The average molecular weight is 349 g/mol. The highest BCUT2D eigenvalue weighted by Gasteiger charge is 2.34. The molecule has 135 valence electrons. The fourth-order valence-electron chi connectivity index (χ4n) is 1.86. The molecule has 1 rings (SSSR count). The highest BCUT2D eigenvalue weighted by atomic mass is 32.1. The van der Waals surface area contributed by atoms with Gasteiger partial charge >= 0.3 is 7.48 Å². The molecule has 0 aliphatic heterocycles. The summed E-state index contributed by atoms with van der Waals surface area (Å²) in [6, 6.07) is 0. The lowest BCUT2D eigenvalue weighted by atomic mass is 9.83. The third-order valence-corrected chi connectivity index (χ3v) is 5.56. The molecule has 0 aromatic rings. The zero-order chi connectivity index (χ0) is 18.4. The van der Waals surface area contributed by atoms with Crippen LogP contribution in [0.4, 0.5) is 0 Å². The lowest BCUT2D eigenvalue weighted by molar-refractivity contribution is 0.0572. The summed E-state index contributed by atoms with van der Waals surface area (Å²) in [6.07, 6.45) is 11.2. The van der Waals surface area contributed by atoms with Crippen molar-refractivity contribution in [3.63, 3.8) is 0 Å². The highest BCUT2D eigenvalue weighted by molar-refractivity contribution is 7.81. The van der Waals surface area contributed by atoms with Crippen molar-refractivity contribution < 1.29 is 9.39 Å². The molecule has 2 nitrogen and oxygen atoms in total. The van der Waals surface area contributed by atoms with E-state index in [2.05, 4.69) is 66.3 Å². The summed E-state index contributed by atoms with van der Waals surface area (Å²) >= 11 is 4.64. The minimum Gasteiger partial charge on any atom is -0.491 e. The van der Waals surface area contributed by atoms with Crippen LogP contribution < -0.4 is 0 Å². The van der Waals surface area contributed by atoms with Crippen LogP contribution in [-0.4, -0.2) is 23.9 Å². The zero-order valence-corrected chi connectivity index (χ0v) is 17.4. The van der Waals surface area contributed by atoms with E-state index in [1.165, 1.54) is 24.8 Å². The minimum atomic E-state index is -0.362. The van der Waals surface area contributed by atoms with E-state index in [1.807, 2.05) is 20.5 Å². The third-order valence-electron chi connectivity index (χ3n) is 5.02. The second-order valence-electron chi connectivity index (χ2n) is 7.60. The van der Waals surface area contributed by atoms with Gasteiger partial charge in [0, 0.05) is 4.75 Å². The van der Waals surface area contributed by atoms with E-state index < -0.39 is 0 Å². The normalized spacial score (nSPS) is 18.4. The molecular formula is C20H34BO2S. The maximum absolute atomic E-state index is 6.13. The quantitative estimate of drug-likeness (QED) is 0.245. The van der Waals surface area contributed by atoms with E-state index in [-0.39, 0.29) is 10.3 Å². The molecule has 1 aliphatic carbocycles. The summed E-state index contributed by atoms with van der Waals surface area (Å²) in [5, 5.41) is 0. The lowest BCUT2D eigenvalue weighted by Gasteiger charge is -2.38. The van der Waals surface area contributed by atoms with Crippen LogP contribution >= 0.6 is 12.6 Å². The van der Waals surface area contributed by atoms with E-state index in [4.69, 9.17) is 9.39 Å². The van der Waals surface area contributed by atoms with Gasteiger partial charge in [0.25, 0.3) is 0 Å². The Morgan fingerprint density at radius 2 is 1.83 bits per heavy atom. The predicted molar refractivity (Wildman–Crippen MR) is 109 cm³/mol. The lowest BCUT2D eigenvalue weighted by Crippen LogP contribution is -2.44. The molecule has 0 atom stereocenters. The number of hydrogen-bond acceptors (Lipinski definition) is 3. The first-order valence-corrected chi connectivity index (χ1v) is 9.49.